The quantitative estimate of drug-likeness (QED) is 0.862. The van der Waals surface area contributed by atoms with Gasteiger partial charge >= 0.3 is 0 Å². The molecule has 0 fully saturated rings. The fourth-order valence-corrected chi connectivity index (χ4v) is 2.24. The number of hydrogen-bond donors (Lipinski definition) is 1. The monoisotopic (exact) mass is 271 g/mol. The van der Waals surface area contributed by atoms with E-state index in [4.69, 9.17) is 4.74 Å². The molecular weight excluding hydrogens is 250 g/mol. The van der Waals surface area contributed by atoms with E-state index in [9.17, 15) is 8.42 Å². The highest BCUT2D eigenvalue weighted by Gasteiger charge is 2.10. The summed E-state index contributed by atoms with van der Waals surface area (Å²) in [5.41, 5.74) is 1.86. The number of rotatable bonds is 6. The second-order valence-corrected chi connectivity index (χ2v) is 6.47. The molecule has 0 saturated heterocycles. The minimum atomic E-state index is -3.17. The summed E-state index contributed by atoms with van der Waals surface area (Å²) in [6.07, 6.45) is 1.21. The molecule has 0 aromatic heterocycles. The van der Waals surface area contributed by atoms with Crippen molar-refractivity contribution in [3.63, 3.8) is 0 Å². The Morgan fingerprint density at radius 2 is 2.06 bits per heavy atom. The molecule has 1 aromatic carbocycles. The zero-order valence-electron chi connectivity index (χ0n) is 11.4. The zero-order chi connectivity index (χ0) is 13.8. The van der Waals surface area contributed by atoms with E-state index in [-0.39, 0.29) is 6.04 Å². The molecule has 0 amide bonds. The number of benzene rings is 1. The number of hydrogen-bond acceptors (Lipinski definition) is 4. The van der Waals surface area contributed by atoms with Crippen molar-refractivity contribution in [2.75, 3.05) is 24.8 Å². The predicted molar refractivity (Wildman–Crippen MR) is 73.9 cm³/mol. The van der Waals surface area contributed by atoms with Crippen LogP contribution in [0.5, 0.6) is 0 Å². The van der Waals surface area contributed by atoms with Crippen LogP contribution in [-0.4, -0.2) is 33.9 Å². The first-order valence-corrected chi connectivity index (χ1v) is 7.88. The van der Waals surface area contributed by atoms with Crippen molar-refractivity contribution in [3.05, 3.63) is 23.8 Å². The van der Waals surface area contributed by atoms with Crippen LogP contribution in [-0.2, 0) is 14.6 Å². The molecule has 0 spiro atoms. The summed E-state index contributed by atoms with van der Waals surface area (Å²) in [4.78, 5) is 0.333. The van der Waals surface area contributed by atoms with Crippen molar-refractivity contribution >= 4 is 15.5 Å². The molecule has 102 valence electrons. The van der Waals surface area contributed by atoms with Crippen LogP contribution in [0.2, 0.25) is 0 Å². The lowest BCUT2D eigenvalue weighted by Crippen LogP contribution is -2.22. The van der Waals surface area contributed by atoms with E-state index in [1.54, 1.807) is 12.1 Å². The van der Waals surface area contributed by atoms with Crippen LogP contribution >= 0.6 is 0 Å². The maximum absolute atomic E-state index is 11.5. The predicted octanol–water partition coefficient (Wildman–Crippen LogP) is 2.24. The van der Waals surface area contributed by atoms with Gasteiger partial charge in [-0.3, -0.25) is 0 Å². The SMILES string of the molecule is CCOCC(C)Nc1cc(S(C)(=O)=O)ccc1C. The highest BCUT2D eigenvalue weighted by Crippen LogP contribution is 2.20. The lowest BCUT2D eigenvalue weighted by Gasteiger charge is -2.17. The molecule has 0 aliphatic heterocycles. The van der Waals surface area contributed by atoms with E-state index in [2.05, 4.69) is 5.32 Å². The third kappa shape index (κ3) is 4.31. The summed E-state index contributed by atoms with van der Waals surface area (Å²) in [7, 11) is -3.17. The highest BCUT2D eigenvalue weighted by atomic mass is 32.2. The molecule has 0 heterocycles. The Bertz CT molecular complexity index is 497. The fourth-order valence-electron chi connectivity index (χ4n) is 1.59. The Hall–Kier alpha value is -1.07. The molecular formula is C13H21NO3S. The van der Waals surface area contributed by atoms with Gasteiger partial charge in [0.15, 0.2) is 9.84 Å². The van der Waals surface area contributed by atoms with E-state index in [1.165, 1.54) is 6.26 Å². The van der Waals surface area contributed by atoms with Crippen LogP contribution in [0.3, 0.4) is 0 Å². The van der Waals surface area contributed by atoms with Gasteiger partial charge in [-0.05, 0) is 38.5 Å². The summed E-state index contributed by atoms with van der Waals surface area (Å²) < 4.78 is 28.3. The molecule has 1 unspecified atom stereocenters. The van der Waals surface area contributed by atoms with Gasteiger partial charge < -0.3 is 10.1 Å². The van der Waals surface area contributed by atoms with Crippen molar-refractivity contribution in [3.8, 4) is 0 Å². The number of nitrogens with one attached hydrogen (secondary N) is 1. The summed E-state index contributed by atoms with van der Waals surface area (Å²) in [5, 5.41) is 3.27. The Balaban J connectivity index is 2.88. The Morgan fingerprint density at radius 3 is 2.61 bits per heavy atom. The molecule has 0 saturated carbocycles. The standard InChI is InChI=1S/C13H21NO3S/c1-5-17-9-11(3)14-13-8-12(18(4,15)16)7-6-10(13)2/h6-8,11,14H,5,9H2,1-4H3. The third-order valence-corrected chi connectivity index (χ3v) is 3.72. The normalized spacial score (nSPS) is 13.3. The largest absolute Gasteiger partial charge is 0.380 e. The van der Waals surface area contributed by atoms with E-state index < -0.39 is 9.84 Å². The van der Waals surface area contributed by atoms with Gasteiger partial charge in [0.05, 0.1) is 11.5 Å². The van der Waals surface area contributed by atoms with Gasteiger partial charge in [-0.2, -0.15) is 0 Å². The lowest BCUT2D eigenvalue weighted by molar-refractivity contribution is 0.141. The first-order valence-electron chi connectivity index (χ1n) is 5.99. The number of anilines is 1. The third-order valence-electron chi connectivity index (χ3n) is 2.61. The van der Waals surface area contributed by atoms with Crippen molar-refractivity contribution < 1.29 is 13.2 Å². The van der Waals surface area contributed by atoms with Crippen molar-refractivity contribution in [1.29, 1.82) is 0 Å². The highest BCUT2D eigenvalue weighted by molar-refractivity contribution is 7.90. The van der Waals surface area contributed by atoms with Gasteiger partial charge in [-0.15, -0.1) is 0 Å². The number of sulfone groups is 1. The molecule has 0 aliphatic carbocycles. The first-order chi connectivity index (χ1) is 8.34. The van der Waals surface area contributed by atoms with Gasteiger partial charge in [0.2, 0.25) is 0 Å². The average molecular weight is 271 g/mol. The molecule has 1 N–H and O–H groups in total. The molecule has 0 aliphatic rings. The second kappa shape index (κ2) is 6.20. The Morgan fingerprint density at radius 1 is 1.39 bits per heavy atom. The number of aryl methyl sites for hydroxylation is 1. The minimum Gasteiger partial charge on any atom is -0.380 e. The van der Waals surface area contributed by atoms with E-state index >= 15 is 0 Å². The Labute approximate surface area is 109 Å². The average Bonchev–Trinajstić information content (AvgIpc) is 2.28. The molecule has 1 aromatic rings. The van der Waals surface area contributed by atoms with E-state index in [0.717, 1.165) is 11.3 Å². The summed E-state index contributed by atoms with van der Waals surface area (Å²) in [5.74, 6) is 0. The van der Waals surface area contributed by atoms with Crippen LogP contribution in [0, 0.1) is 6.92 Å². The van der Waals surface area contributed by atoms with Crippen LogP contribution in [0.25, 0.3) is 0 Å². The van der Waals surface area contributed by atoms with Crippen LogP contribution in [0.4, 0.5) is 5.69 Å². The smallest absolute Gasteiger partial charge is 0.175 e. The molecule has 1 rings (SSSR count). The van der Waals surface area contributed by atoms with Crippen molar-refractivity contribution in [2.24, 2.45) is 0 Å². The zero-order valence-corrected chi connectivity index (χ0v) is 12.2. The maximum Gasteiger partial charge on any atom is 0.175 e. The number of ether oxygens (including phenoxy) is 1. The van der Waals surface area contributed by atoms with Crippen molar-refractivity contribution in [2.45, 2.75) is 31.7 Å². The lowest BCUT2D eigenvalue weighted by atomic mass is 10.2. The topological polar surface area (TPSA) is 55.4 Å². The van der Waals surface area contributed by atoms with E-state index in [0.29, 0.717) is 18.1 Å². The summed E-state index contributed by atoms with van der Waals surface area (Å²) in [6.45, 7) is 7.17. The van der Waals surface area contributed by atoms with Gasteiger partial charge in [-0.25, -0.2) is 8.42 Å². The van der Waals surface area contributed by atoms with E-state index in [1.807, 2.05) is 26.8 Å². The van der Waals surface area contributed by atoms with Gasteiger partial charge in [0.1, 0.15) is 0 Å². The maximum atomic E-state index is 11.5. The molecule has 18 heavy (non-hydrogen) atoms. The van der Waals surface area contributed by atoms with Crippen LogP contribution < -0.4 is 5.32 Å². The minimum absolute atomic E-state index is 0.137. The fraction of sp³-hybridized carbons (Fsp3) is 0.538. The van der Waals surface area contributed by atoms with Gasteiger partial charge in [0, 0.05) is 24.6 Å². The summed E-state index contributed by atoms with van der Waals surface area (Å²) >= 11 is 0. The van der Waals surface area contributed by atoms with Crippen LogP contribution in [0.15, 0.2) is 23.1 Å². The molecule has 1 atom stereocenters. The molecule has 0 bridgehead atoms. The molecule has 4 nitrogen and oxygen atoms in total. The van der Waals surface area contributed by atoms with Gasteiger partial charge in [-0.1, -0.05) is 6.07 Å². The molecule has 5 heteroatoms. The van der Waals surface area contributed by atoms with Crippen LogP contribution in [0.1, 0.15) is 19.4 Å². The molecule has 0 radical (unpaired) electrons. The Kier molecular flexibility index (Phi) is 5.16. The van der Waals surface area contributed by atoms with Crippen molar-refractivity contribution in [1.82, 2.24) is 0 Å². The first kappa shape index (κ1) is 15.0. The van der Waals surface area contributed by atoms with Gasteiger partial charge in [0.25, 0.3) is 0 Å². The second-order valence-electron chi connectivity index (χ2n) is 4.45. The summed E-state index contributed by atoms with van der Waals surface area (Å²) in [6, 6.07) is 5.25.